The molecule has 1 rings (SSSR count). The Morgan fingerprint density at radius 1 is 1.73 bits per heavy atom. The maximum atomic E-state index is 5.69. The molecule has 62 valence electrons. The van der Waals surface area contributed by atoms with Crippen LogP contribution in [0.1, 0.15) is 0 Å². The van der Waals surface area contributed by atoms with Crippen LogP contribution in [-0.4, -0.2) is 24.6 Å². The van der Waals surface area contributed by atoms with E-state index in [1.807, 2.05) is 0 Å². The second-order valence-electron chi connectivity index (χ2n) is 1.72. The Kier molecular flexibility index (Phi) is 3.99. The number of halogens is 1. The van der Waals surface area contributed by atoms with Crippen molar-refractivity contribution in [2.24, 2.45) is 4.99 Å². The largest absolute Gasteiger partial charge is 0.383 e. The fraction of sp³-hybridized carbons (Fsp3) is 0.600. The molecule has 0 radical (unpaired) electrons. The molecule has 11 heavy (non-hydrogen) atoms. The van der Waals surface area contributed by atoms with E-state index < -0.39 is 0 Å². The van der Waals surface area contributed by atoms with E-state index in [4.69, 9.17) is 16.3 Å². The van der Waals surface area contributed by atoms with Crippen LogP contribution in [0.4, 0.5) is 0 Å². The summed E-state index contributed by atoms with van der Waals surface area (Å²) in [5, 5.41) is 0.496. The van der Waals surface area contributed by atoms with Crippen LogP contribution in [0.25, 0.3) is 0 Å². The standard InChI is InChI=1S/C5H7ClN2OS2/c1-9-3-2-7-5-4(6)8-11-10-5/h2-3H2,1H3. The van der Waals surface area contributed by atoms with Gasteiger partial charge in [0.15, 0.2) is 9.82 Å². The smallest absolute Gasteiger partial charge is 0.179 e. The molecule has 0 bridgehead atoms. The lowest BCUT2D eigenvalue weighted by Crippen LogP contribution is -2.00. The molecule has 3 nitrogen and oxygen atoms in total. The van der Waals surface area contributed by atoms with Crippen molar-refractivity contribution in [2.45, 2.75) is 0 Å². The molecule has 0 unspecified atom stereocenters. The van der Waals surface area contributed by atoms with Crippen LogP contribution in [0, 0.1) is 0 Å². The fourth-order valence-electron chi connectivity index (χ4n) is 0.490. The summed E-state index contributed by atoms with van der Waals surface area (Å²) in [6, 6.07) is 0. The van der Waals surface area contributed by atoms with Gasteiger partial charge in [0.1, 0.15) is 0 Å². The minimum Gasteiger partial charge on any atom is -0.383 e. The highest BCUT2D eigenvalue weighted by atomic mass is 35.5. The van der Waals surface area contributed by atoms with Crippen molar-refractivity contribution in [1.29, 1.82) is 0 Å². The van der Waals surface area contributed by atoms with Crippen molar-refractivity contribution >= 4 is 32.5 Å². The number of ether oxygens (including phenoxy) is 1. The molecule has 1 aromatic heterocycles. The first-order valence-electron chi connectivity index (χ1n) is 2.95. The maximum absolute atomic E-state index is 5.69. The van der Waals surface area contributed by atoms with Crippen LogP contribution in [0.2, 0.25) is 5.15 Å². The van der Waals surface area contributed by atoms with E-state index in [1.54, 1.807) is 7.11 Å². The van der Waals surface area contributed by atoms with Gasteiger partial charge in [0, 0.05) is 17.6 Å². The third-order valence-corrected chi connectivity index (χ3v) is 3.17. The van der Waals surface area contributed by atoms with Gasteiger partial charge in [-0.3, -0.25) is 4.99 Å². The van der Waals surface area contributed by atoms with E-state index in [0.717, 1.165) is 4.67 Å². The van der Waals surface area contributed by atoms with Crippen molar-refractivity contribution in [2.75, 3.05) is 20.3 Å². The molecule has 0 saturated heterocycles. The summed E-state index contributed by atoms with van der Waals surface area (Å²) in [6.45, 7) is 1.27. The van der Waals surface area contributed by atoms with E-state index >= 15 is 0 Å². The first-order chi connectivity index (χ1) is 5.34. The van der Waals surface area contributed by atoms with Crippen molar-refractivity contribution in [1.82, 2.24) is 4.37 Å². The van der Waals surface area contributed by atoms with Gasteiger partial charge >= 0.3 is 0 Å². The lowest BCUT2D eigenvalue weighted by Gasteiger charge is -1.88. The quantitative estimate of drug-likeness (QED) is 0.559. The predicted octanol–water partition coefficient (Wildman–Crippen LogP) is 1.41. The van der Waals surface area contributed by atoms with Crippen LogP contribution < -0.4 is 4.67 Å². The van der Waals surface area contributed by atoms with Crippen molar-refractivity contribution < 1.29 is 4.74 Å². The number of hydrogen-bond donors (Lipinski definition) is 0. The molecule has 0 amide bonds. The lowest BCUT2D eigenvalue weighted by atomic mass is 10.7. The van der Waals surface area contributed by atoms with Gasteiger partial charge in [-0.15, -0.1) is 0 Å². The van der Waals surface area contributed by atoms with Crippen molar-refractivity contribution in [3.63, 3.8) is 0 Å². The van der Waals surface area contributed by atoms with Crippen LogP contribution in [-0.2, 0) is 4.74 Å². The zero-order valence-electron chi connectivity index (χ0n) is 5.91. The van der Waals surface area contributed by atoms with E-state index in [2.05, 4.69) is 9.37 Å². The average molecular weight is 211 g/mol. The topological polar surface area (TPSA) is 34.5 Å². The predicted molar refractivity (Wildman–Crippen MR) is 47.3 cm³/mol. The van der Waals surface area contributed by atoms with Gasteiger partial charge in [0.25, 0.3) is 0 Å². The number of aromatic nitrogens is 1. The highest BCUT2D eigenvalue weighted by Gasteiger charge is 1.94. The summed E-state index contributed by atoms with van der Waals surface area (Å²) in [7, 11) is 4.47. The first-order valence-corrected chi connectivity index (χ1v) is 5.44. The molecule has 6 heteroatoms. The van der Waals surface area contributed by atoms with Gasteiger partial charge < -0.3 is 4.74 Å². The van der Waals surface area contributed by atoms with E-state index in [1.165, 1.54) is 20.9 Å². The Morgan fingerprint density at radius 3 is 3.09 bits per heavy atom. The summed E-state index contributed by atoms with van der Waals surface area (Å²) in [6.07, 6.45) is 0. The molecule has 0 aliphatic carbocycles. The van der Waals surface area contributed by atoms with Crippen molar-refractivity contribution in [3.05, 3.63) is 9.82 Å². The van der Waals surface area contributed by atoms with Crippen LogP contribution in [0.5, 0.6) is 0 Å². The summed E-state index contributed by atoms with van der Waals surface area (Å²) in [5.74, 6) is 0. The zero-order chi connectivity index (χ0) is 8.10. The first kappa shape index (κ1) is 9.12. The molecule has 1 heterocycles. The molecule has 0 aromatic carbocycles. The molecule has 1 aromatic rings. The molecule has 0 aliphatic heterocycles. The Morgan fingerprint density at radius 2 is 2.55 bits per heavy atom. The molecular weight excluding hydrogens is 204 g/mol. The second-order valence-corrected chi connectivity index (χ2v) is 3.91. The van der Waals surface area contributed by atoms with Crippen molar-refractivity contribution in [3.8, 4) is 0 Å². The third-order valence-electron chi connectivity index (χ3n) is 0.961. The third kappa shape index (κ3) is 2.86. The minimum absolute atomic E-state index is 0.496. The monoisotopic (exact) mass is 210 g/mol. The number of hydrogen-bond acceptors (Lipinski definition) is 5. The van der Waals surface area contributed by atoms with Gasteiger partial charge in [0.2, 0.25) is 0 Å². The molecule has 0 N–H and O–H groups in total. The fourth-order valence-corrected chi connectivity index (χ4v) is 2.55. The van der Waals surface area contributed by atoms with E-state index in [-0.39, 0.29) is 0 Å². The summed E-state index contributed by atoms with van der Waals surface area (Å²) in [5.41, 5.74) is 0. The van der Waals surface area contributed by atoms with Gasteiger partial charge in [-0.1, -0.05) is 11.6 Å². The molecular formula is C5H7ClN2OS2. The van der Waals surface area contributed by atoms with Gasteiger partial charge in [-0.05, 0) is 10.3 Å². The van der Waals surface area contributed by atoms with Gasteiger partial charge in [-0.2, -0.15) is 4.37 Å². The maximum Gasteiger partial charge on any atom is 0.179 e. The molecule has 0 atom stereocenters. The SMILES string of the molecule is COCCN=c1ssnc1Cl. The minimum atomic E-state index is 0.496. The van der Waals surface area contributed by atoms with E-state index in [0.29, 0.717) is 18.3 Å². The van der Waals surface area contributed by atoms with Gasteiger partial charge in [0.05, 0.1) is 13.2 Å². The highest BCUT2D eigenvalue weighted by Crippen LogP contribution is 2.04. The highest BCUT2D eigenvalue weighted by molar-refractivity contribution is 7.66. The summed E-state index contributed by atoms with van der Waals surface area (Å²) < 4.78 is 9.52. The average Bonchev–Trinajstić information content (AvgIpc) is 2.37. The van der Waals surface area contributed by atoms with E-state index in [9.17, 15) is 0 Å². The molecule has 0 saturated carbocycles. The van der Waals surface area contributed by atoms with Crippen LogP contribution in [0.3, 0.4) is 0 Å². The number of methoxy groups -OCH3 is 1. The number of nitrogens with zero attached hydrogens (tertiary/aromatic N) is 2. The number of rotatable bonds is 3. The molecule has 0 fully saturated rings. The normalized spacial score (nSPS) is 12.4. The lowest BCUT2D eigenvalue weighted by molar-refractivity contribution is 0.207. The Bertz CT molecular complexity index is 269. The summed E-state index contributed by atoms with van der Waals surface area (Å²) in [4.78, 5) is 4.16. The molecule has 0 spiro atoms. The summed E-state index contributed by atoms with van der Waals surface area (Å²) >= 11 is 5.69. The van der Waals surface area contributed by atoms with Crippen LogP contribution in [0.15, 0.2) is 4.99 Å². The second kappa shape index (κ2) is 4.82. The molecule has 0 aliphatic rings. The van der Waals surface area contributed by atoms with Gasteiger partial charge in [-0.25, -0.2) is 0 Å². The Balaban J connectivity index is 2.60. The Hall–Kier alpha value is 0.0300. The van der Waals surface area contributed by atoms with Crippen LogP contribution >= 0.6 is 32.5 Å². The Labute approximate surface area is 76.9 Å². The zero-order valence-corrected chi connectivity index (χ0v) is 8.30.